The third-order valence-corrected chi connectivity index (χ3v) is 2.70. The fraction of sp³-hybridized carbons (Fsp3) is 0.273. The molecule has 1 aromatic rings. The average molecular weight is 276 g/mol. The molecule has 0 spiro atoms. The van der Waals surface area contributed by atoms with E-state index in [1.807, 2.05) is 0 Å². The Morgan fingerprint density at radius 1 is 1.39 bits per heavy atom. The zero-order valence-electron chi connectivity index (χ0n) is 9.47. The summed E-state index contributed by atoms with van der Waals surface area (Å²) in [7, 11) is 0. The topological polar surface area (TPSA) is 55.1 Å². The molecule has 1 atom stereocenters. The molecule has 1 aromatic carbocycles. The van der Waals surface area contributed by atoms with Crippen molar-refractivity contribution in [2.75, 3.05) is 6.54 Å². The molecule has 0 aliphatic heterocycles. The monoisotopic (exact) mass is 276 g/mol. The molecule has 0 aliphatic rings. The van der Waals surface area contributed by atoms with Gasteiger partial charge < -0.3 is 11.1 Å². The molecule has 98 valence electrons. The number of thiocarbonyl (C=S) groups is 1. The van der Waals surface area contributed by atoms with Gasteiger partial charge in [0.25, 0.3) is 5.91 Å². The molecule has 3 nitrogen and oxygen atoms in total. The van der Waals surface area contributed by atoms with E-state index in [0.29, 0.717) is 12.1 Å². The summed E-state index contributed by atoms with van der Waals surface area (Å²) in [5, 5.41) is 2.39. The third-order valence-electron chi connectivity index (χ3n) is 2.30. The van der Waals surface area contributed by atoms with Gasteiger partial charge >= 0.3 is 0 Å². The largest absolute Gasteiger partial charge is 0.393 e. The van der Waals surface area contributed by atoms with Crippen molar-refractivity contribution in [2.24, 2.45) is 11.7 Å². The van der Waals surface area contributed by atoms with Crippen LogP contribution in [0.15, 0.2) is 12.1 Å². The number of amides is 1. The number of rotatable bonds is 4. The van der Waals surface area contributed by atoms with Crippen LogP contribution in [0.3, 0.4) is 0 Å². The molecule has 0 aromatic heterocycles. The lowest BCUT2D eigenvalue weighted by Gasteiger charge is -2.11. The first-order chi connectivity index (χ1) is 8.32. The van der Waals surface area contributed by atoms with Gasteiger partial charge in [-0.2, -0.15) is 0 Å². The SMILES string of the molecule is CC(CNC(=O)c1cc(F)c(F)c(F)c1)C(N)=S. The van der Waals surface area contributed by atoms with E-state index < -0.39 is 23.4 Å². The standard InChI is InChI=1S/C11H11F3N2OS/c1-5(10(15)18)4-16-11(17)6-2-7(12)9(14)8(13)3-6/h2-3,5H,4H2,1H3,(H2,15,18)(H,16,17). The molecule has 0 saturated heterocycles. The normalized spacial score (nSPS) is 12.0. The highest BCUT2D eigenvalue weighted by Crippen LogP contribution is 2.13. The Morgan fingerprint density at radius 2 is 1.89 bits per heavy atom. The first-order valence-electron chi connectivity index (χ1n) is 5.05. The highest BCUT2D eigenvalue weighted by Gasteiger charge is 2.15. The van der Waals surface area contributed by atoms with E-state index in [2.05, 4.69) is 5.32 Å². The predicted molar refractivity (Wildman–Crippen MR) is 64.6 cm³/mol. The number of carbonyl (C=O) groups is 1. The Morgan fingerprint density at radius 3 is 2.33 bits per heavy atom. The van der Waals surface area contributed by atoms with Gasteiger partial charge in [-0.3, -0.25) is 4.79 Å². The van der Waals surface area contributed by atoms with E-state index in [4.69, 9.17) is 18.0 Å². The van der Waals surface area contributed by atoms with Crippen LogP contribution in [0.5, 0.6) is 0 Å². The Kier molecular flexibility index (Phi) is 4.66. The van der Waals surface area contributed by atoms with Gasteiger partial charge in [-0.1, -0.05) is 19.1 Å². The minimum atomic E-state index is -1.61. The number of hydrogen-bond acceptors (Lipinski definition) is 2. The summed E-state index contributed by atoms with van der Waals surface area (Å²) in [6.07, 6.45) is 0. The van der Waals surface area contributed by atoms with Crippen LogP contribution < -0.4 is 11.1 Å². The minimum absolute atomic E-state index is 0.134. The van der Waals surface area contributed by atoms with Gasteiger partial charge in [0.05, 0.1) is 4.99 Å². The van der Waals surface area contributed by atoms with E-state index in [1.54, 1.807) is 6.92 Å². The molecule has 7 heteroatoms. The summed E-state index contributed by atoms with van der Waals surface area (Å²) < 4.78 is 38.5. The second-order valence-corrected chi connectivity index (χ2v) is 4.24. The van der Waals surface area contributed by atoms with Crippen molar-refractivity contribution in [1.82, 2.24) is 5.32 Å². The Labute approximate surface area is 107 Å². The van der Waals surface area contributed by atoms with Gasteiger partial charge in [-0.25, -0.2) is 13.2 Å². The lowest BCUT2D eigenvalue weighted by atomic mass is 10.1. The van der Waals surface area contributed by atoms with E-state index >= 15 is 0 Å². The van der Waals surface area contributed by atoms with Crippen LogP contribution in [-0.2, 0) is 0 Å². The number of hydrogen-bond donors (Lipinski definition) is 2. The second-order valence-electron chi connectivity index (χ2n) is 3.77. The van der Waals surface area contributed by atoms with Crippen molar-refractivity contribution in [3.8, 4) is 0 Å². The quantitative estimate of drug-likeness (QED) is 0.651. The van der Waals surface area contributed by atoms with E-state index in [0.717, 1.165) is 0 Å². The predicted octanol–water partition coefficient (Wildman–Crippen LogP) is 1.76. The lowest BCUT2D eigenvalue weighted by Crippen LogP contribution is -2.33. The average Bonchev–Trinajstić information content (AvgIpc) is 2.31. The van der Waals surface area contributed by atoms with Crippen LogP contribution in [0.2, 0.25) is 0 Å². The second kappa shape index (κ2) is 5.81. The summed E-state index contributed by atoms with van der Waals surface area (Å²) in [5.41, 5.74) is 5.04. The molecular formula is C11H11F3N2OS. The molecule has 0 saturated carbocycles. The fourth-order valence-corrected chi connectivity index (χ4v) is 1.22. The molecule has 0 fully saturated rings. The molecule has 3 N–H and O–H groups in total. The van der Waals surface area contributed by atoms with Crippen LogP contribution in [0.4, 0.5) is 13.2 Å². The summed E-state index contributed by atoms with van der Waals surface area (Å²) in [6, 6.07) is 1.25. The van der Waals surface area contributed by atoms with Crippen molar-refractivity contribution in [3.05, 3.63) is 35.1 Å². The molecule has 1 amide bonds. The van der Waals surface area contributed by atoms with Crippen LogP contribution in [0.1, 0.15) is 17.3 Å². The summed E-state index contributed by atoms with van der Waals surface area (Å²) >= 11 is 4.70. The maximum atomic E-state index is 12.9. The van der Waals surface area contributed by atoms with E-state index in [1.165, 1.54) is 0 Å². The third kappa shape index (κ3) is 3.43. The number of nitrogens with one attached hydrogen (secondary N) is 1. The smallest absolute Gasteiger partial charge is 0.251 e. The Bertz CT molecular complexity index is 470. The number of halogens is 3. The van der Waals surface area contributed by atoms with Crippen molar-refractivity contribution in [2.45, 2.75) is 6.92 Å². The van der Waals surface area contributed by atoms with Gasteiger partial charge in [0.1, 0.15) is 0 Å². The molecule has 0 bridgehead atoms. The number of carbonyl (C=O) groups excluding carboxylic acids is 1. The maximum absolute atomic E-state index is 12.9. The number of benzene rings is 1. The molecule has 1 rings (SSSR count). The zero-order chi connectivity index (χ0) is 13.9. The molecule has 0 aliphatic carbocycles. The van der Waals surface area contributed by atoms with Gasteiger partial charge in [0, 0.05) is 18.0 Å². The van der Waals surface area contributed by atoms with Crippen LogP contribution in [0.25, 0.3) is 0 Å². The minimum Gasteiger partial charge on any atom is -0.393 e. The molecule has 18 heavy (non-hydrogen) atoms. The highest BCUT2D eigenvalue weighted by atomic mass is 32.1. The lowest BCUT2D eigenvalue weighted by molar-refractivity contribution is 0.0950. The zero-order valence-corrected chi connectivity index (χ0v) is 10.3. The van der Waals surface area contributed by atoms with Crippen LogP contribution in [-0.4, -0.2) is 17.4 Å². The van der Waals surface area contributed by atoms with Crippen molar-refractivity contribution in [3.63, 3.8) is 0 Å². The van der Waals surface area contributed by atoms with Crippen molar-refractivity contribution >= 4 is 23.1 Å². The summed E-state index contributed by atoms with van der Waals surface area (Å²) in [5.74, 6) is -5.41. The molecule has 1 unspecified atom stereocenters. The molecule has 0 heterocycles. The van der Waals surface area contributed by atoms with E-state index in [9.17, 15) is 18.0 Å². The van der Waals surface area contributed by atoms with Gasteiger partial charge in [0.15, 0.2) is 17.5 Å². The first-order valence-corrected chi connectivity index (χ1v) is 5.45. The maximum Gasteiger partial charge on any atom is 0.251 e. The van der Waals surface area contributed by atoms with Crippen molar-refractivity contribution < 1.29 is 18.0 Å². The van der Waals surface area contributed by atoms with Gasteiger partial charge in [0.2, 0.25) is 0 Å². The fourth-order valence-electron chi connectivity index (χ4n) is 1.14. The van der Waals surface area contributed by atoms with E-state index in [-0.39, 0.29) is 23.0 Å². The van der Waals surface area contributed by atoms with Gasteiger partial charge in [-0.05, 0) is 12.1 Å². The highest BCUT2D eigenvalue weighted by molar-refractivity contribution is 7.80. The molecule has 0 radical (unpaired) electrons. The van der Waals surface area contributed by atoms with Crippen molar-refractivity contribution in [1.29, 1.82) is 0 Å². The first kappa shape index (κ1) is 14.4. The summed E-state index contributed by atoms with van der Waals surface area (Å²) in [4.78, 5) is 11.8. The molecular weight excluding hydrogens is 265 g/mol. The van der Waals surface area contributed by atoms with Crippen LogP contribution >= 0.6 is 12.2 Å². The Hall–Kier alpha value is -1.63. The van der Waals surface area contributed by atoms with Crippen LogP contribution in [0, 0.1) is 23.4 Å². The Balaban J connectivity index is 2.76. The van der Waals surface area contributed by atoms with Gasteiger partial charge in [-0.15, -0.1) is 0 Å². The summed E-state index contributed by atoms with van der Waals surface area (Å²) in [6.45, 7) is 1.82. The number of nitrogens with two attached hydrogens (primary N) is 1.